The van der Waals surface area contributed by atoms with Crippen LogP contribution in [0.4, 0.5) is 10.1 Å². The summed E-state index contributed by atoms with van der Waals surface area (Å²) in [6.07, 6.45) is 3.77. The topological polar surface area (TPSA) is 61.8 Å². The Labute approximate surface area is 106 Å². The molecule has 5 heteroatoms. The number of nitrogens with zero attached hydrogens (tertiary/aromatic N) is 2. The predicted molar refractivity (Wildman–Crippen MR) is 69.5 cm³/mol. The minimum atomic E-state index is -0.391. The molecule has 0 amide bonds. The highest BCUT2D eigenvalue weighted by molar-refractivity contribution is 6.02. The van der Waals surface area contributed by atoms with Gasteiger partial charge in [-0.1, -0.05) is 11.6 Å². The average molecular weight is 251 g/mol. The van der Waals surface area contributed by atoms with E-state index in [0.29, 0.717) is 11.5 Å². The van der Waals surface area contributed by atoms with Crippen molar-refractivity contribution in [3.05, 3.63) is 29.6 Å². The van der Waals surface area contributed by atoms with Gasteiger partial charge in [-0.2, -0.15) is 0 Å². The van der Waals surface area contributed by atoms with Crippen LogP contribution in [0, 0.1) is 11.7 Å². The van der Waals surface area contributed by atoms with Crippen molar-refractivity contribution >= 4 is 11.5 Å². The van der Waals surface area contributed by atoms with Crippen LogP contribution >= 0.6 is 0 Å². The first-order chi connectivity index (χ1) is 8.61. The summed E-state index contributed by atoms with van der Waals surface area (Å²) in [7, 11) is 1.94. The highest BCUT2D eigenvalue weighted by Crippen LogP contribution is 2.29. The quantitative estimate of drug-likeness (QED) is 0.373. The van der Waals surface area contributed by atoms with E-state index < -0.39 is 5.82 Å². The van der Waals surface area contributed by atoms with Crippen LogP contribution in [0.1, 0.15) is 24.8 Å². The van der Waals surface area contributed by atoms with E-state index in [0.717, 1.165) is 12.2 Å². The summed E-state index contributed by atoms with van der Waals surface area (Å²) in [5.41, 5.74) is 6.81. The van der Waals surface area contributed by atoms with Crippen molar-refractivity contribution in [3.63, 3.8) is 0 Å². The van der Waals surface area contributed by atoms with Gasteiger partial charge in [-0.15, -0.1) is 0 Å². The van der Waals surface area contributed by atoms with Crippen LogP contribution in [-0.2, 0) is 0 Å². The van der Waals surface area contributed by atoms with Gasteiger partial charge in [-0.05, 0) is 37.0 Å². The van der Waals surface area contributed by atoms with Gasteiger partial charge in [-0.3, -0.25) is 0 Å². The molecule has 0 radical (unpaired) electrons. The molecule has 1 saturated carbocycles. The summed E-state index contributed by atoms with van der Waals surface area (Å²) in [6, 6.07) is 4.35. The Morgan fingerprint density at radius 3 is 2.83 bits per heavy atom. The predicted octanol–water partition coefficient (Wildman–Crippen LogP) is 2.16. The second kappa shape index (κ2) is 5.25. The maximum atomic E-state index is 13.2. The lowest BCUT2D eigenvalue weighted by molar-refractivity contribution is 0.318. The van der Waals surface area contributed by atoms with E-state index in [1.165, 1.54) is 31.4 Å². The Morgan fingerprint density at radius 2 is 2.28 bits per heavy atom. The molecule has 0 bridgehead atoms. The van der Waals surface area contributed by atoms with Gasteiger partial charge >= 0.3 is 0 Å². The highest BCUT2D eigenvalue weighted by Gasteiger charge is 2.21. The summed E-state index contributed by atoms with van der Waals surface area (Å²) >= 11 is 0. The molecule has 0 spiro atoms. The number of nitrogens with two attached hydrogens (primary N) is 1. The fourth-order valence-electron chi connectivity index (χ4n) is 2.26. The first kappa shape index (κ1) is 12.7. The lowest BCUT2D eigenvalue weighted by atomic mass is 9.85. The van der Waals surface area contributed by atoms with E-state index in [9.17, 15) is 4.39 Å². The van der Waals surface area contributed by atoms with Gasteiger partial charge in [-0.25, -0.2) is 4.39 Å². The van der Waals surface area contributed by atoms with Crippen LogP contribution < -0.4 is 10.6 Å². The first-order valence-corrected chi connectivity index (χ1v) is 6.10. The highest BCUT2D eigenvalue weighted by atomic mass is 19.1. The molecule has 1 fully saturated rings. The van der Waals surface area contributed by atoms with Crippen molar-refractivity contribution in [2.24, 2.45) is 16.8 Å². The lowest BCUT2D eigenvalue weighted by Gasteiger charge is -2.32. The number of halogens is 1. The molecule has 3 N–H and O–H groups in total. The third-order valence-corrected chi connectivity index (χ3v) is 3.51. The normalized spacial score (nSPS) is 16.4. The minimum absolute atomic E-state index is 0.0649. The number of benzene rings is 1. The number of rotatable bonds is 4. The van der Waals surface area contributed by atoms with E-state index >= 15 is 0 Å². The Hall–Kier alpha value is -1.78. The molecule has 0 heterocycles. The van der Waals surface area contributed by atoms with Crippen LogP contribution in [0.25, 0.3) is 0 Å². The molecule has 0 aromatic heterocycles. The first-order valence-electron chi connectivity index (χ1n) is 6.10. The molecule has 0 atom stereocenters. The van der Waals surface area contributed by atoms with Crippen LogP contribution in [0.5, 0.6) is 0 Å². The zero-order chi connectivity index (χ0) is 13.1. The smallest absolute Gasteiger partial charge is 0.172 e. The Balaban J connectivity index is 2.24. The van der Waals surface area contributed by atoms with Crippen LogP contribution in [0.3, 0.4) is 0 Å². The number of hydrogen-bond donors (Lipinski definition) is 2. The fraction of sp³-hybridized carbons (Fsp3) is 0.462. The monoisotopic (exact) mass is 251 g/mol. The molecule has 0 saturated heterocycles. The summed E-state index contributed by atoms with van der Waals surface area (Å²) in [5.74, 6) is 0.238. The Kier molecular flexibility index (Phi) is 3.69. The number of anilines is 1. The van der Waals surface area contributed by atoms with E-state index in [1.807, 2.05) is 11.9 Å². The molecule has 4 nitrogen and oxygen atoms in total. The number of oxime groups is 1. The van der Waals surface area contributed by atoms with E-state index in [4.69, 9.17) is 10.9 Å². The van der Waals surface area contributed by atoms with E-state index in [-0.39, 0.29) is 5.84 Å². The molecule has 2 rings (SSSR count). The van der Waals surface area contributed by atoms with Gasteiger partial charge < -0.3 is 15.8 Å². The molecule has 0 aliphatic heterocycles. The van der Waals surface area contributed by atoms with Crippen molar-refractivity contribution in [1.82, 2.24) is 0 Å². The molecule has 0 unspecified atom stereocenters. The molecule has 1 aromatic rings. The third kappa shape index (κ3) is 2.55. The maximum absolute atomic E-state index is 13.2. The fourth-order valence-corrected chi connectivity index (χ4v) is 2.26. The van der Waals surface area contributed by atoms with Crippen LogP contribution in [0.15, 0.2) is 23.4 Å². The van der Waals surface area contributed by atoms with Gasteiger partial charge in [0.25, 0.3) is 0 Å². The summed E-state index contributed by atoms with van der Waals surface area (Å²) < 4.78 is 13.2. The SMILES string of the molecule is CN(CC1CCC1)c1ccc(F)cc1/C(N)=N/O. The molecular weight excluding hydrogens is 233 g/mol. The number of hydrogen-bond acceptors (Lipinski definition) is 3. The van der Waals surface area contributed by atoms with Crippen molar-refractivity contribution in [1.29, 1.82) is 0 Å². The summed E-state index contributed by atoms with van der Waals surface area (Å²) in [4.78, 5) is 2.04. The zero-order valence-electron chi connectivity index (χ0n) is 10.4. The molecule has 1 aromatic carbocycles. The Morgan fingerprint density at radius 1 is 1.56 bits per heavy atom. The van der Waals surface area contributed by atoms with E-state index in [1.54, 1.807) is 6.07 Å². The minimum Gasteiger partial charge on any atom is -0.409 e. The van der Waals surface area contributed by atoms with Gasteiger partial charge in [0, 0.05) is 24.8 Å². The average Bonchev–Trinajstić information content (AvgIpc) is 2.32. The van der Waals surface area contributed by atoms with Crippen molar-refractivity contribution in [2.45, 2.75) is 19.3 Å². The third-order valence-electron chi connectivity index (χ3n) is 3.51. The van der Waals surface area contributed by atoms with E-state index in [2.05, 4.69) is 5.16 Å². The van der Waals surface area contributed by atoms with Gasteiger partial charge in [0.2, 0.25) is 0 Å². The molecule has 1 aliphatic carbocycles. The van der Waals surface area contributed by atoms with Crippen molar-refractivity contribution < 1.29 is 9.60 Å². The second-order valence-electron chi connectivity index (χ2n) is 4.82. The van der Waals surface area contributed by atoms with Crippen LogP contribution in [-0.4, -0.2) is 24.6 Å². The van der Waals surface area contributed by atoms with Gasteiger partial charge in [0.1, 0.15) is 5.82 Å². The lowest BCUT2D eigenvalue weighted by Crippen LogP contribution is -2.31. The van der Waals surface area contributed by atoms with Crippen LogP contribution in [0.2, 0.25) is 0 Å². The van der Waals surface area contributed by atoms with Gasteiger partial charge in [0.15, 0.2) is 5.84 Å². The maximum Gasteiger partial charge on any atom is 0.172 e. The molecule has 98 valence electrons. The molecule has 18 heavy (non-hydrogen) atoms. The molecule has 1 aliphatic rings. The van der Waals surface area contributed by atoms with Crippen molar-refractivity contribution in [2.75, 3.05) is 18.5 Å². The molecular formula is C13H18FN3O. The number of amidine groups is 1. The Bertz CT molecular complexity index is 458. The standard InChI is InChI=1S/C13H18FN3O/c1-17(8-9-3-2-4-9)12-6-5-10(14)7-11(12)13(15)16-18/h5-7,9,18H,2-4,8H2,1H3,(H2,15,16). The van der Waals surface area contributed by atoms with Crippen molar-refractivity contribution in [3.8, 4) is 0 Å². The largest absolute Gasteiger partial charge is 0.409 e. The van der Waals surface area contributed by atoms with Gasteiger partial charge in [0.05, 0.1) is 0 Å². The second-order valence-corrected chi connectivity index (χ2v) is 4.82. The zero-order valence-corrected chi connectivity index (χ0v) is 10.4. The summed E-state index contributed by atoms with van der Waals surface area (Å²) in [5, 5.41) is 11.7. The summed E-state index contributed by atoms with van der Waals surface area (Å²) in [6.45, 7) is 0.914.